The van der Waals surface area contributed by atoms with E-state index in [4.69, 9.17) is 16.3 Å². The van der Waals surface area contributed by atoms with E-state index in [1.807, 2.05) is 56.3 Å². The lowest BCUT2D eigenvalue weighted by atomic mass is 10.0. The third-order valence-electron chi connectivity index (χ3n) is 5.91. The molecule has 2 unspecified atom stereocenters. The number of carboxylic acid groups (broad SMARTS) is 1. The Hall–Kier alpha value is -3.20. The lowest BCUT2D eigenvalue weighted by Gasteiger charge is -2.27. The van der Waals surface area contributed by atoms with E-state index in [0.29, 0.717) is 35.1 Å². The van der Waals surface area contributed by atoms with Gasteiger partial charge in [-0.2, -0.15) is 0 Å². The molecule has 0 fully saturated rings. The van der Waals surface area contributed by atoms with Crippen LogP contribution in [0.2, 0.25) is 0 Å². The number of carboxylic acids is 1. The quantitative estimate of drug-likeness (QED) is 0.325. The second-order valence-corrected chi connectivity index (χ2v) is 10.4. The number of aryl methyl sites for hydroxylation is 1. The summed E-state index contributed by atoms with van der Waals surface area (Å²) in [5.74, 6) is -1.29. The van der Waals surface area contributed by atoms with Crippen molar-refractivity contribution in [2.75, 3.05) is 12.4 Å². The van der Waals surface area contributed by atoms with E-state index in [2.05, 4.69) is 16.9 Å². The maximum Gasteiger partial charge on any atom is 0.354 e. The number of nitrogens with zero attached hydrogens (tertiary/aromatic N) is 1. The van der Waals surface area contributed by atoms with Crippen molar-refractivity contribution in [3.05, 3.63) is 81.2 Å². The Bertz CT molecular complexity index is 1360. The number of allylic oxidation sites excluding steroid dienone is 1. The van der Waals surface area contributed by atoms with Crippen LogP contribution in [0.15, 0.2) is 59.1 Å². The van der Waals surface area contributed by atoms with Gasteiger partial charge in [-0.05, 0) is 57.6 Å². The molecule has 1 aliphatic heterocycles. The van der Waals surface area contributed by atoms with Gasteiger partial charge < -0.3 is 9.84 Å². The zero-order valence-electron chi connectivity index (χ0n) is 21.4. The Labute approximate surface area is 231 Å². The minimum atomic E-state index is -1.17. The first-order valence-electron chi connectivity index (χ1n) is 12.2. The number of aliphatic imine (C=N–C) groups is 1. The maximum atomic E-state index is 12.9. The van der Waals surface area contributed by atoms with Crippen molar-refractivity contribution in [2.24, 2.45) is 4.99 Å². The van der Waals surface area contributed by atoms with Gasteiger partial charge in [-0.25, -0.2) is 4.79 Å². The predicted octanol–water partition coefficient (Wildman–Crippen LogP) is 3.13. The first-order valence-corrected chi connectivity index (χ1v) is 13.7. The Balaban J connectivity index is 1.92. The number of carbonyl (C=O) groups is 3. The van der Waals surface area contributed by atoms with Crippen molar-refractivity contribution < 1.29 is 24.2 Å². The number of halogens is 1. The van der Waals surface area contributed by atoms with Crippen LogP contribution in [0.25, 0.3) is 12.7 Å². The molecule has 2 N–H and O–H groups in total. The summed E-state index contributed by atoms with van der Waals surface area (Å²) in [6.45, 7) is 8.47. The van der Waals surface area contributed by atoms with Gasteiger partial charge in [0.2, 0.25) is 5.24 Å². The standard InChI is InChI=1S/C29H31ClN2O5S/c1-4-12-37-29(36)26(31-16-20-8-6-5-7-9-20)27-32-25(28(34)35)22(17-38-27)11-10-21-14-23(15-24(30)33)19(3)13-18(21)2/h5-11,13-14,26-27,31H,3-4,12,15-17H2,1-2H3,(H,34,35)/b21-10-,22-11+. The summed E-state index contributed by atoms with van der Waals surface area (Å²) < 4.78 is 5.39. The molecule has 2 aromatic carbocycles. The topological polar surface area (TPSA) is 105 Å². The third kappa shape index (κ3) is 8.15. The van der Waals surface area contributed by atoms with E-state index in [1.54, 1.807) is 12.2 Å². The van der Waals surface area contributed by atoms with E-state index in [-0.39, 0.29) is 18.7 Å². The van der Waals surface area contributed by atoms with Gasteiger partial charge in [0.05, 0.1) is 6.61 Å². The van der Waals surface area contributed by atoms with Crippen molar-refractivity contribution in [3.63, 3.8) is 0 Å². The van der Waals surface area contributed by atoms with Crippen LogP contribution in [-0.4, -0.2) is 51.8 Å². The molecule has 200 valence electrons. The van der Waals surface area contributed by atoms with Crippen LogP contribution >= 0.6 is 23.4 Å². The third-order valence-corrected chi connectivity index (χ3v) is 7.24. The largest absolute Gasteiger partial charge is 0.477 e. The molecule has 0 saturated heterocycles. The van der Waals surface area contributed by atoms with Crippen LogP contribution in [0.5, 0.6) is 0 Å². The Morgan fingerprint density at radius 1 is 1.26 bits per heavy atom. The van der Waals surface area contributed by atoms with Gasteiger partial charge in [0.1, 0.15) is 17.1 Å². The Morgan fingerprint density at radius 3 is 2.66 bits per heavy atom. The molecule has 0 saturated carbocycles. The average molecular weight is 555 g/mol. The van der Waals surface area contributed by atoms with Crippen molar-refractivity contribution in [1.82, 2.24) is 5.32 Å². The number of carbonyl (C=O) groups excluding carboxylic acids is 2. The first-order chi connectivity index (χ1) is 18.2. The molecule has 3 rings (SSSR count). The number of esters is 1. The molecule has 1 aliphatic rings. The van der Waals surface area contributed by atoms with Gasteiger partial charge >= 0.3 is 11.9 Å². The molecule has 7 nitrogen and oxygen atoms in total. The summed E-state index contributed by atoms with van der Waals surface area (Å²) >= 11 is 6.94. The van der Waals surface area contributed by atoms with Crippen molar-refractivity contribution in [2.45, 2.75) is 44.6 Å². The van der Waals surface area contributed by atoms with E-state index in [1.165, 1.54) is 11.8 Å². The summed E-state index contributed by atoms with van der Waals surface area (Å²) in [4.78, 5) is 40.9. The Morgan fingerprint density at radius 2 is 2.00 bits per heavy atom. The number of ether oxygens (including phenoxy) is 1. The second-order valence-electron chi connectivity index (χ2n) is 8.86. The molecule has 0 aliphatic carbocycles. The van der Waals surface area contributed by atoms with Gasteiger partial charge in [0.15, 0.2) is 0 Å². The van der Waals surface area contributed by atoms with Gasteiger partial charge in [-0.15, -0.1) is 11.8 Å². The highest BCUT2D eigenvalue weighted by Gasteiger charge is 2.34. The number of thioether (sulfide) groups is 1. The van der Waals surface area contributed by atoms with Crippen LogP contribution in [0.3, 0.4) is 0 Å². The number of benzene rings is 2. The number of rotatable bonds is 11. The summed E-state index contributed by atoms with van der Waals surface area (Å²) in [5.41, 5.74) is 3.05. The molecule has 2 aromatic rings. The molecule has 0 amide bonds. The summed E-state index contributed by atoms with van der Waals surface area (Å²) in [5, 5.41) is 13.5. The highest BCUT2D eigenvalue weighted by Crippen LogP contribution is 2.27. The minimum Gasteiger partial charge on any atom is -0.477 e. The summed E-state index contributed by atoms with van der Waals surface area (Å²) in [6, 6.07) is 12.5. The molecule has 9 heteroatoms. The average Bonchev–Trinajstić information content (AvgIpc) is 2.89. The fourth-order valence-corrected chi connectivity index (χ4v) is 5.22. The number of nitrogens with one attached hydrogen (secondary N) is 1. The van der Waals surface area contributed by atoms with E-state index >= 15 is 0 Å². The van der Waals surface area contributed by atoms with Crippen molar-refractivity contribution >= 4 is 58.9 Å². The van der Waals surface area contributed by atoms with Crippen LogP contribution in [0, 0.1) is 6.92 Å². The zero-order chi connectivity index (χ0) is 27.7. The van der Waals surface area contributed by atoms with Crippen LogP contribution in [0.1, 0.15) is 30.0 Å². The number of hydrogen-bond acceptors (Lipinski definition) is 7. The highest BCUT2D eigenvalue weighted by molar-refractivity contribution is 8.00. The molecule has 1 heterocycles. The molecule has 0 aromatic heterocycles. The molecule has 38 heavy (non-hydrogen) atoms. The van der Waals surface area contributed by atoms with Crippen molar-refractivity contribution in [3.8, 4) is 0 Å². The molecule has 0 radical (unpaired) electrons. The zero-order valence-corrected chi connectivity index (χ0v) is 23.0. The molecular formula is C29H31ClN2O5S. The van der Waals surface area contributed by atoms with Gasteiger partial charge in [0, 0.05) is 18.7 Å². The smallest absolute Gasteiger partial charge is 0.354 e. The van der Waals surface area contributed by atoms with E-state index in [0.717, 1.165) is 16.3 Å². The predicted molar refractivity (Wildman–Crippen MR) is 153 cm³/mol. The van der Waals surface area contributed by atoms with Crippen LogP contribution in [0.4, 0.5) is 0 Å². The number of aliphatic carboxylic acids is 1. The molecule has 0 bridgehead atoms. The lowest BCUT2D eigenvalue weighted by Crippen LogP contribution is -2.46. The van der Waals surface area contributed by atoms with Gasteiger partial charge in [-0.1, -0.05) is 68.1 Å². The fraction of sp³-hybridized carbons (Fsp3) is 0.310. The molecule has 0 spiro atoms. The molecule has 2 atom stereocenters. The van der Waals surface area contributed by atoms with Crippen molar-refractivity contribution in [1.29, 1.82) is 0 Å². The summed E-state index contributed by atoms with van der Waals surface area (Å²) in [7, 11) is 0. The van der Waals surface area contributed by atoms with Crippen LogP contribution in [-0.2, 0) is 32.1 Å². The fourth-order valence-electron chi connectivity index (χ4n) is 3.91. The SMILES string of the molecule is C=c1cc(C)/c(=C\C=C2/CSC(C(NCc3ccccc3)C(=O)OCCC)N=C2C(=O)O)cc1CC(=O)Cl. The first kappa shape index (κ1) is 29.4. The van der Waals surface area contributed by atoms with E-state index < -0.39 is 28.6 Å². The van der Waals surface area contributed by atoms with Gasteiger partial charge in [0.25, 0.3) is 0 Å². The summed E-state index contributed by atoms with van der Waals surface area (Å²) in [6.07, 6.45) is 4.25. The lowest BCUT2D eigenvalue weighted by molar-refractivity contribution is -0.146. The van der Waals surface area contributed by atoms with Crippen LogP contribution < -0.4 is 15.8 Å². The highest BCUT2D eigenvalue weighted by atomic mass is 35.5. The monoisotopic (exact) mass is 554 g/mol. The van der Waals surface area contributed by atoms with E-state index in [9.17, 15) is 19.5 Å². The minimum absolute atomic E-state index is 0.0585. The second kappa shape index (κ2) is 14.1. The molecular weight excluding hydrogens is 524 g/mol. The van der Waals surface area contributed by atoms with Gasteiger partial charge in [-0.3, -0.25) is 19.9 Å². The normalized spacial score (nSPS) is 17.7. The number of hydrogen-bond donors (Lipinski definition) is 2. The maximum absolute atomic E-state index is 12.9. The Kier molecular flexibility index (Phi) is 10.9.